The molecular weight excluding hydrogens is 300 g/mol. The van der Waals surface area contributed by atoms with Gasteiger partial charge in [0.1, 0.15) is 5.75 Å². The van der Waals surface area contributed by atoms with Crippen LogP contribution in [0.4, 0.5) is 8.78 Å². The van der Waals surface area contributed by atoms with E-state index in [2.05, 4.69) is 4.74 Å². The van der Waals surface area contributed by atoms with Crippen LogP contribution in [0.25, 0.3) is 0 Å². The molecule has 0 bridgehead atoms. The maximum atomic E-state index is 12.5. The zero-order valence-corrected chi connectivity index (χ0v) is 12.1. The van der Waals surface area contributed by atoms with E-state index in [1.807, 2.05) is 4.90 Å². The molecule has 0 unspecified atom stereocenters. The molecule has 0 amide bonds. The molecule has 0 atom stereocenters. The van der Waals surface area contributed by atoms with Crippen LogP contribution >= 0.6 is 0 Å². The summed E-state index contributed by atoms with van der Waals surface area (Å²) in [6.07, 6.45) is 0.535. The molecule has 1 aromatic carbocycles. The Kier molecular flexibility index (Phi) is 5.37. The molecule has 0 fully saturated rings. The third-order valence-electron chi connectivity index (χ3n) is 3.14. The number of nitrogens with zero attached hydrogens (tertiary/aromatic N) is 1. The van der Waals surface area contributed by atoms with Gasteiger partial charge in [0.05, 0.1) is 0 Å². The second kappa shape index (κ2) is 7.26. The molecule has 0 radical (unpaired) electrons. The summed E-state index contributed by atoms with van der Waals surface area (Å²) in [5, 5.41) is 8.61. The summed E-state index contributed by atoms with van der Waals surface area (Å²) in [6, 6.07) is 2.99. The van der Waals surface area contributed by atoms with Crippen LogP contribution < -0.4 is 14.2 Å². The lowest BCUT2D eigenvalue weighted by molar-refractivity contribution is -0.137. The lowest BCUT2D eigenvalue weighted by Crippen LogP contribution is -2.20. The van der Waals surface area contributed by atoms with Crippen molar-refractivity contribution in [1.82, 2.24) is 4.90 Å². The van der Waals surface area contributed by atoms with E-state index < -0.39 is 12.6 Å². The largest absolute Gasteiger partial charge is 0.481 e. The van der Waals surface area contributed by atoms with Crippen LogP contribution in [0.1, 0.15) is 18.4 Å². The number of carboxylic acids is 1. The molecule has 0 aliphatic carbocycles. The van der Waals surface area contributed by atoms with Crippen molar-refractivity contribution in [1.29, 1.82) is 0 Å². The van der Waals surface area contributed by atoms with Gasteiger partial charge in [0.15, 0.2) is 11.5 Å². The van der Waals surface area contributed by atoms with Crippen molar-refractivity contribution in [3.8, 4) is 17.2 Å². The Morgan fingerprint density at radius 1 is 1.41 bits per heavy atom. The first-order valence-electron chi connectivity index (χ1n) is 6.73. The average molecular weight is 317 g/mol. The summed E-state index contributed by atoms with van der Waals surface area (Å²) < 4.78 is 39.9. The van der Waals surface area contributed by atoms with Gasteiger partial charge in [0.25, 0.3) is 0 Å². The molecule has 1 heterocycles. The van der Waals surface area contributed by atoms with E-state index in [0.29, 0.717) is 36.6 Å². The fourth-order valence-corrected chi connectivity index (χ4v) is 2.16. The number of rotatable bonds is 8. The van der Waals surface area contributed by atoms with Gasteiger partial charge in [-0.15, -0.1) is 0 Å². The molecule has 0 saturated heterocycles. The topological polar surface area (TPSA) is 68.2 Å². The summed E-state index contributed by atoms with van der Waals surface area (Å²) in [7, 11) is 1.78. The Hall–Kier alpha value is -2.09. The van der Waals surface area contributed by atoms with Gasteiger partial charge < -0.3 is 24.2 Å². The highest BCUT2D eigenvalue weighted by Crippen LogP contribution is 2.39. The summed E-state index contributed by atoms with van der Waals surface area (Å²) in [5.41, 5.74) is 0.530. The zero-order chi connectivity index (χ0) is 16.1. The summed E-state index contributed by atoms with van der Waals surface area (Å²) >= 11 is 0. The van der Waals surface area contributed by atoms with Crippen molar-refractivity contribution in [2.75, 3.05) is 20.4 Å². The molecule has 0 saturated carbocycles. The van der Waals surface area contributed by atoms with E-state index in [1.54, 1.807) is 13.1 Å². The highest BCUT2D eigenvalue weighted by molar-refractivity contribution is 5.66. The Labute approximate surface area is 126 Å². The molecule has 2 rings (SSSR count). The lowest BCUT2D eigenvalue weighted by Gasteiger charge is -2.19. The van der Waals surface area contributed by atoms with Crippen LogP contribution in [0.2, 0.25) is 0 Å². The molecule has 22 heavy (non-hydrogen) atoms. The van der Waals surface area contributed by atoms with Crippen molar-refractivity contribution in [2.45, 2.75) is 26.0 Å². The first-order chi connectivity index (χ1) is 10.5. The van der Waals surface area contributed by atoms with Crippen molar-refractivity contribution < 1.29 is 32.9 Å². The fourth-order valence-electron chi connectivity index (χ4n) is 2.16. The second-order valence-electron chi connectivity index (χ2n) is 4.93. The highest BCUT2D eigenvalue weighted by Gasteiger charge is 2.20. The first kappa shape index (κ1) is 16.3. The minimum absolute atomic E-state index is 0.0318. The van der Waals surface area contributed by atoms with E-state index in [-0.39, 0.29) is 19.0 Å². The number of halogens is 2. The number of carbonyl (C=O) groups is 1. The van der Waals surface area contributed by atoms with Gasteiger partial charge in [-0.05, 0) is 26.1 Å². The van der Waals surface area contributed by atoms with E-state index in [0.717, 1.165) is 0 Å². The monoisotopic (exact) mass is 317 g/mol. The van der Waals surface area contributed by atoms with E-state index >= 15 is 0 Å². The Morgan fingerprint density at radius 2 is 2.09 bits per heavy atom. The number of alkyl halides is 2. The van der Waals surface area contributed by atoms with Gasteiger partial charge >= 0.3 is 12.6 Å². The standard InChI is InChI=1S/C14H17F2NO5/c1-17(4-2-3-13(18)19)7-9-5-11-12(21-8-20-11)6-10(9)22-14(15)16/h5-6,14H,2-4,7-8H2,1H3,(H,18,19). The number of ether oxygens (including phenoxy) is 3. The van der Waals surface area contributed by atoms with Crippen LogP contribution in [0.3, 0.4) is 0 Å². The van der Waals surface area contributed by atoms with Gasteiger partial charge in [0.2, 0.25) is 6.79 Å². The molecule has 1 aromatic rings. The summed E-state index contributed by atoms with van der Waals surface area (Å²) in [4.78, 5) is 12.3. The van der Waals surface area contributed by atoms with Crippen LogP contribution in [0.5, 0.6) is 17.2 Å². The van der Waals surface area contributed by atoms with Gasteiger partial charge in [-0.1, -0.05) is 0 Å². The maximum absolute atomic E-state index is 12.5. The van der Waals surface area contributed by atoms with Gasteiger partial charge in [-0.3, -0.25) is 4.79 Å². The number of carboxylic acid groups (broad SMARTS) is 1. The molecule has 0 aromatic heterocycles. The van der Waals surface area contributed by atoms with Crippen molar-refractivity contribution in [2.24, 2.45) is 0 Å². The third-order valence-corrected chi connectivity index (χ3v) is 3.14. The van der Waals surface area contributed by atoms with E-state index in [9.17, 15) is 13.6 Å². The summed E-state index contributed by atoms with van der Waals surface area (Å²) in [5.74, 6) is 0.0195. The zero-order valence-electron chi connectivity index (χ0n) is 12.1. The molecule has 6 nitrogen and oxygen atoms in total. The molecule has 1 aliphatic rings. The second-order valence-corrected chi connectivity index (χ2v) is 4.93. The predicted molar refractivity (Wildman–Crippen MR) is 72.4 cm³/mol. The Bertz CT molecular complexity index is 538. The Balaban J connectivity index is 2.06. The molecule has 0 spiro atoms. The van der Waals surface area contributed by atoms with E-state index in [1.165, 1.54) is 6.07 Å². The van der Waals surface area contributed by atoms with Crippen LogP contribution in [0, 0.1) is 0 Å². The minimum Gasteiger partial charge on any atom is -0.481 e. The molecule has 1 N–H and O–H groups in total. The van der Waals surface area contributed by atoms with E-state index in [4.69, 9.17) is 14.6 Å². The van der Waals surface area contributed by atoms with Gasteiger partial charge in [0, 0.05) is 24.6 Å². The molecule has 122 valence electrons. The molecule has 8 heteroatoms. The van der Waals surface area contributed by atoms with Gasteiger partial charge in [-0.2, -0.15) is 8.78 Å². The minimum atomic E-state index is -2.93. The first-order valence-corrected chi connectivity index (χ1v) is 6.73. The summed E-state index contributed by atoms with van der Waals surface area (Å²) in [6.45, 7) is -2.04. The SMILES string of the molecule is CN(CCCC(=O)O)Cc1cc2c(cc1OC(F)F)OCO2. The van der Waals surface area contributed by atoms with Crippen LogP contribution in [-0.2, 0) is 11.3 Å². The Morgan fingerprint density at radius 3 is 2.73 bits per heavy atom. The van der Waals surface area contributed by atoms with Gasteiger partial charge in [-0.25, -0.2) is 0 Å². The third kappa shape index (κ3) is 4.45. The number of benzene rings is 1. The number of hydrogen-bond acceptors (Lipinski definition) is 5. The number of fused-ring (bicyclic) bond motifs is 1. The molecular formula is C14H17F2NO5. The smallest absolute Gasteiger partial charge is 0.387 e. The van der Waals surface area contributed by atoms with Crippen molar-refractivity contribution >= 4 is 5.97 Å². The lowest BCUT2D eigenvalue weighted by atomic mass is 10.1. The van der Waals surface area contributed by atoms with Crippen LogP contribution in [0.15, 0.2) is 12.1 Å². The number of aliphatic carboxylic acids is 1. The highest BCUT2D eigenvalue weighted by atomic mass is 19.3. The predicted octanol–water partition coefficient (Wildman–Crippen LogP) is 2.31. The maximum Gasteiger partial charge on any atom is 0.387 e. The quantitative estimate of drug-likeness (QED) is 0.793. The van der Waals surface area contributed by atoms with Crippen LogP contribution in [-0.4, -0.2) is 43.0 Å². The average Bonchev–Trinajstić information content (AvgIpc) is 2.85. The fraction of sp³-hybridized carbons (Fsp3) is 0.500. The number of hydrogen-bond donors (Lipinski definition) is 1. The van der Waals surface area contributed by atoms with Crippen molar-refractivity contribution in [3.05, 3.63) is 17.7 Å². The van der Waals surface area contributed by atoms with Crippen molar-refractivity contribution in [3.63, 3.8) is 0 Å². The normalized spacial score (nSPS) is 13.0. The molecule has 1 aliphatic heterocycles.